The summed E-state index contributed by atoms with van der Waals surface area (Å²) in [4.78, 5) is 4.34. The molecule has 0 atom stereocenters. The van der Waals surface area contributed by atoms with Crippen molar-refractivity contribution in [3.63, 3.8) is 0 Å². The fourth-order valence-electron chi connectivity index (χ4n) is 1.15. The van der Waals surface area contributed by atoms with Gasteiger partial charge in [-0.15, -0.1) is 0 Å². The van der Waals surface area contributed by atoms with Crippen LogP contribution in [0.15, 0.2) is 4.99 Å². The molecule has 0 unspecified atom stereocenters. The third-order valence-corrected chi connectivity index (χ3v) is 1.76. The van der Waals surface area contributed by atoms with E-state index in [0.717, 1.165) is 18.8 Å². The van der Waals surface area contributed by atoms with Gasteiger partial charge < -0.3 is 5.01 Å². The van der Waals surface area contributed by atoms with E-state index >= 15 is 0 Å². The molecule has 0 saturated carbocycles. The standard InChI is InChI=1S/C7H15N3/c1-10(8)7-5-3-2-4-6-9-7/h2-6,8H2,1H3. The van der Waals surface area contributed by atoms with Crippen LogP contribution < -0.4 is 5.84 Å². The van der Waals surface area contributed by atoms with Crippen LogP contribution in [0.4, 0.5) is 0 Å². The van der Waals surface area contributed by atoms with Crippen LogP contribution in [0, 0.1) is 0 Å². The highest BCUT2D eigenvalue weighted by Crippen LogP contribution is 2.07. The molecule has 0 aromatic heterocycles. The van der Waals surface area contributed by atoms with Gasteiger partial charge in [0.2, 0.25) is 0 Å². The summed E-state index contributed by atoms with van der Waals surface area (Å²) < 4.78 is 0. The molecule has 0 fully saturated rings. The van der Waals surface area contributed by atoms with E-state index in [1.807, 2.05) is 7.05 Å². The minimum Gasteiger partial charge on any atom is -0.302 e. The Kier molecular flexibility index (Phi) is 2.68. The quantitative estimate of drug-likeness (QED) is 0.400. The van der Waals surface area contributed by atoms with Gasteiger partial charge in [-0.25, -0.2) is 5.84 Å². The molecule has 0 aromatic rings. The SMILES string of the molecule is CN(N)C1=NCCCCC1. The van der Waals surface area contributed by atoms with Gasteiger partial charge >= 0.3 is 0 Å². The first-order valence-corrected chi connectivity index (χ1v) is 3.82. The Morgan fingerprint density at radius 3 is 2.90 bits per heavy atom. The van der Waals surface area contributed by atoms with Crippen molar-refractivity contribution in [2.24, 2.45) is 10.8 Å². The number of hydrazine groups is 1. The molecule has 0 spiro atoms. The van der Waals surface area contributed by atoms with Crippen molar-refractivity contribution < 1.29 is 0 Å². The van der Waals surface area contributed by atoms with E-state index in [1.54, 1.807) is 5.01 Å². The van der Waals surface area contributed by atoms with Gasteiger partial charge in [-0.1, -0.05) is 6.42 Å². The highest BCUT2D eigenvalue weighted by atomic mass is 15.4. The normalized spacial score (nSPS) is 19.6. The zero-order valence-corrected chi connectivity index (χ0v) is 6.51. The Morgan fingerprint density at radius 2 is 2.20 bits per heavy atom. The van der Waals surface area contributed by atoms with E-state index in [2.05, 4.69) is 4.99 Å². The van der Waals surface area contributed by atoms with Gasteiger partial charge in [-0.2, -0.15) is 0 Å². The van der Waals surface area contributed by atoms with Crippen LogP contribution in [-0.4, -0.2) is 24.4 Å². The molecule has 58 valence electrons. The molecule has 1 rings (SSSR count). The average Bonchev–Trinajstić information content (AvgIpc) is 2.12. The van der Waals surface area contributed by atoms with Gasteiger partial charge in [0.25, 0.3) is 0 Å². The van der Waals surface area contributed by atoms with Crippen LogP contribution in [0.25, 0.3) is 0 Å². The number of aliphatic imine (C=N–C) groups is 1. The van der Waals surface area contributed by atoms with Crippen molar-refractivity contribution in [3.8, 4) is 0 Å². The maximum atomic E-state index is 5.54. The molecule has 0 amide bonds. The number of nitrogens with zero attached hydrogens (tertiary/aromatic N) is 2. The van der Waals surface area contributed by atoms with Gasteiger partial charge in [0, 0.05) is 20.0 Å². The van der Waals surface area contributed by atoms with Crippen molar-refractivity contribution in [1.82, 2.24) is 5.01 Å². The second kappa shape index (κ2) is 3.56. The Balaban J connectivity index is 2.46. The molecule has 3 heteroatoms. The monoisotopic (exact) mass is 141 g/mol. The summed E-state index contributed by atoms with van der Waals surface area (Å²) in [6.07, 6.45) is 4.80. The topological polar surface area (TPSA) is 41.6 Å². The Labute approximate surface area is 61.9 Å². The largest absolute Gasteiger partial charge is 0.302 e. The van der Waals surface area contributed by atoms with E-state index < -0.39 is 0 Å². The van der Waals surface area contributed by atoms with E-state index in [-0.39, 0.29) is 0 Å². The van der Waals surface area contributed by atoms with Crippen molar-refractivity contribution in [3.05, 3.63) is 0 Å². The van der Waals surface area contributed by atoms with E-state index in [4.69, 9.17) is 5.84 Å². The number of nitrogens with two attached hydrogens (primary N) is 1. The van der Waals surface area contributed by atoms with Crippen LogP contribution in [0.1, 0.15) is 25.7 Å². The molecule has 1 heterocycles. The molecule has 0 bridgehead atoms. The fourth-order valence-corrected chi connectivity index (χ4v) is 1.15. The lowest BCUT2D eigenvalue weighted by Crippen LogP contribution is -2.33. The summed E-state index contributed by atoms with van der Waals surface area (Å²) in [5.41, 5.74) is 0. The molecule has 3 nitrogen and oxygen atoms in total. The summed E-state index contributed by atoms with van der Waals surface area (Å²) >= 11 is 0. The highest BCUT2D eigenvalue weighted by molar-refractivity contribution is 5.81. The van der Waals surface area contributed by atoms with Gasteiger partial charge in [0.05, 0.1) is 0 Å². The fraction of sp³-hybridized carbons (Fsp3) is 0.857. The maximum absolute atomic E-state index is 5.54. The molecule has 0 radical (unpaired) electrons. The van der Waals surface area contributed by atoms with E-state index in [1.165, 1.54) is 19.3 Å². The summed E-state index contributed by atoms with van der Waals surface area (Å²) in [5, 5.41) is 1.63. The average molecular weight is 141 g/mol. The lowest BCUT2D eigenvalue weighted by Gasteiger charge is -2.12. The molecular formula is C7H15N3. The molecule has 10 heavy (non-hydrogen) atoms. The molecule has 1 aliphatic heterocycles. The number of rotatable bonds is 0. The lowest BCUT2D eigenvalue weighted by atomic mass is 10.2. The van der Waals surface area contributed by atoms with Gasteiger partial charge in [-0.05, 0) is 12.8 Å². The smallest absolute Gasteiger partial charge is 0.113 e. The third kappa shape index (κ3) is 1.99. The van der Waals surface area contributed by atoms with Gasteiger partial charge in [0.1, 0.15) is 5.84 Å². The summed E-state index contributed by atoms with van der Waals surface area (Å²) in [6, 6.07) is 0. The molecule has 0 saturated heterocycles. The van der Waals surface area contributed by atoms with Crippen LogP contribution in [-0.2, 0) is 0 Å². The minimum atomic E-state index is 0.955. The van der Waals surface area contributed by atoms with Crippen molar-refractivity contribution >= 4 is 5.84 Å². The minimum absolute atomic E-state index is 0.955. The van der Waals surface area contributed by atoms with Crippen molar-refractivity contribution in [1.29, 1.82) is 0 Å². The third-order valence-electron chi connectivity index (χ3n) is 1.76. The van der Waals surface area contributed by atoms with Gasteiger partial charge in [0.15, 0.2) is 0 Å². The zero-order chi connectivity index (χ0) is 7.40. The lowest BCUT2D eigenvalue weighted by molar-refractivity contribution is 0.521. The molecule has 0 aliphatic carbocycles. The zero-order valence-electron chi connectivity index (χ0n) is 6.51. The van der Waals surface area contributed by atoms with Crippen LogP contribution in [0.2, 0.25) is 0 Å². The number of hydrogen-bond acceptors (Lipinski definition) is 3. The molecule has 2 N–H and O–H groups in total. The maximum Gasteiger partial charge on any atom is 0.113 e. The van der Waals surface area contributed by atoms with Crippen molar-refractivity contribution in [2.75, 3.05) is 13.6 Å². The first-order valence-electron chi connectivity index (χ1n) is 3.82. The Morgan fingerprint density at radius 1 is 1.40 bits per heavy atom. The summed E-state index contributed by atoms with van der Waals surface area (Å²) in [5.74, 6) is 6.59. The molecular weight excluding hydrogens is 126 g/mol. The second-order valence-corrected chi connectivity index (χ2v) is 2.72. The highest BCUT2D eigenvalue weighted by Gasteiger charge is 2.04. The van der Waals surface area contributed by atoms with E-state index in [9.17, 15) is 0 Å². The molecule has 1 aliphatic rings. The Bertz CT molecular complexity index is 129. The second-order valence-electron chi connectivity index (χ2n) is 2.72. The van der Waals surface area contributed by atoms with Crippen LogP contribution in [0.3, 0.4) is 0 Å². The predicted octanol–water partition coefficient (Wildman–Crippen LogP) is 0.764. The summed E-state index contributed by atoms with van der Waals surface area (Å²) in [6.45, 7) is 0.955. The predicted molar refractivity (Wildman–Crippen MR) is 42.7 cm³/mol. The van der Waals surface area contributed by atoms with Crippen molar-refractivity contribution in [2.45, 2.75) is 25.7 Å². The molecule has 0 aromatic carbocycles. The number of amidine groups is 1. The first kappa shape index (κ1) is 7.54. The Hall–Kier alpha value is -0.570. The summed E-state index contributed by atoms with van der Waals surface area (Å²) in [7, 11) is 1.85. The van der Waals surface area contributed by atoms with Gasteiger partial charge in [-0.3, -0.25) is 4.99 Å². The van der Waals surface area contributed by atoms with Crippen LogP contribution in [0.5, 0.6) is 0 Å². The van der Waals surface area contributed by atoms with Crippen LogP contribution >= 0.6 is 0 Å². The number of hydrogen-bond donors (Lipinski definition) is 1. The first-order chi connectivity index (χ1) is 4.80. The van der Waals surface area contributed by atoms with E-state index in [0.29, 0.717) is 0 Å².